The summed E-state index contributed by atoms with van der Waals surface area (Å²) in [5.74, 6) is -0.267. The minimum absolute atomic E-state index is 0.00526. The fourth-order valence-corrected chi connectivity index (χ4v) is 11.7. The Labute approximate surface area is 353 Å². The molecule has 1 aromatic rings. The number of phenols is 2. The topological polar surface area (TPSA) is 152 Å². The third kappa shape index (κ3) is 9.21. The van der Waals surface area contributed by atoms with E-state index in [0.29, 0.717) is 43.3 Å². The molecule has 4 aliphatic carbocycles. The Balaban J connectivity index is 1.26. The fourth-order valence-electron chi connectivity index (χ4n) is 11.7. The van der Waals surface area contributed by atoms with Gasteiger partial charge in [-0.05, 0) is 166 Å². The van der Waals surface area contributed by atoms with Gasteiger partial charge in [0.15, 0.2) is 11.6 Å². The summed E-state index contributed by atoms with van der Waals surface area (Å²) in [7, 11) is 0. The van der Waals surface area contributed by atoms with Gasteiger partial charge in [0.25, 0.3) is 0 Å². The third-order valence-electron chi connectivity index (χ3n) is 16.0. The number of rotatable bonds is 17. The van der Waals surface area contributed by atoms with E-state index in [1.807, 2.05) is 26.0 Å². The van der Waals surface area contributed by atoms with Crippen molar-refractivity contribution in [3.8, 4) is 11.5 Å². The summed E-state index contributed by atoms with van der Waals surface area (Å²) in [6.07, 6.45) is 17.4. The van der Waals surface area contributed by atoms with E-state index in [9.17, 15) is 39.9 Å². The number of aliphatic hydroxyl groups is 3. The SMILES string of the molecule is C/C(=C\CC/C(C)=C/CC/C(=C/C(=O)c1cc(O)ccc1O)C(=O)CC(C)(O)[C@@H](O)CC[C@@H](C)[C@H]1CC[C@@]2(C)C3=CC[C@H]4C(C)(C)C(=O)CC[C@]4(C)C3=CC[C@]12C)CO. The highest BCUT2D eigenvalue weighted by Crippen LogP contribution is 2.71. The van der Waals surface area contributed by atoms with Crippen molar-refractivity contribution in [3.63, 3.8) is 0 Å². The molecule has 59 heavy (non-hydrogen) atoms. The summed E-state index contributed by atoms with van der Waals surface area (Å²) >= 11 is 0. The van der Waals surface area contributed by atoms with Gasteiger partial charge in [-0.2, -0.15) is 0 Å². The Hall–Kier alpha value is -3.59. The molecule has 4 aliphatic rings. The van der Waals surface area contributed by atoms with E-state index in [0.717, 1.165) is 62.2 Å². The Morgan fingerprint density at radius 3 is 2.32 bits per heavy atom. The number of aromatic hydroxyl groups is 2. The van der Waals surface area contributed by atoms with Crippen molar-refractivity contribution < 1.29 is 39.9 Å². The van der Waals surface area contributed by atoms with Crippen molar-refractivity contribution in [1.29, 1.82) is 0 Å². The second-order valence-electron chi connectivity index (χ2n) is 20.3. The van der Waals surface area contributed by atoms with Crippen LogP contribution in [0.3, 0.4) is 0 Å². The number of hydrogen-bond donors (Lipinski definition) is 5. The van der Waals surface area contributed by atoms with E-state index in [1.165, 1.54) is 36.3 Å². The summed E-state index contributed by atoms with van der Waals surface area (Å²) in [4.78, 5) is 40.3. The smallest absolute Gasteiger partial charge is 0.190 e. The maximum absolute atomic E-state index is 13.9. The van der Waals surface area contributed by atoms with Crippen LogP contribution < -0.4 is 0 Å². The molecule has 8 nitrogen and oxygen atoms in total. The van der Waals surface area contributed by atoms with Crippen LogP contribution >= 0.6 is 0 Å². The minimum Gasteiger partial charge on any atom is -0.508 e. The number of benzene rings is 1. The van der Waals surface area contributed by atoms with Crippen LogP contribution in [0.5, 0.6) is 11.5 Å². The van der Waals surface area contributed by atoms with Crippen molar-refractivity contribution in [2.45, 2.75) is 157 Å². The number of fused-ring (bicyclic) bond motifs is 5. The van der Waals surface area contributed by atoms with Gasteiger partial charge in [-0.3, -0.25) is 14.4 Å². The highest BCUT2D eigenvalue weighted by molar-refractivity contribution is 6.11. The van der Waals surface area contributed by atoms with Crippen molar-refractivity contribution in [1.82, 2.24) is 0 Å². The summed E-state index contributed by atoms with van der Waals surface area (Å²) in [5, 5.41) is 52.7. The van der Waals surface area contributed by atoms with Crippen LogP contribution in [0.2, 0.25) is 0 Å². The van der Waals surface area contributed by atoms with Gasteiger partial charge in [0.05, 0.1) is 23.9 Å². The second kappa shape index (κ2) is 17.8. The zero-order valence-corrected chi connectivity index (χ0v) is 37.3. The molecule has 0 aliphatic heterocycles. The normalized spacial score (nSPS) is 30.3. The Morgan fingerprint density at radius 1 is 0.949 bits per heavy atom. The molecule has 1 aromatic carbocycles. The number of carbonyl (C=O) groups is 3. The summed E-state index contributed by atoms with van der Waals surface area (Å²) < 4.78 is 0. The Bertz CT molecular complexity index is 1940. The van der Waals surface area contributed by atoms with Crippen LogP contribution in [0.15, 0.2) is 76.4 Å². The van der Waals surface area contributed by atoms with Gasteiger partial charge in [-0.25, -0.2) is 0 Å². The molecule has 0 aromatic heterocycles. The first-order valence-electron chi connectivity index (χ1n) is 22.1. The molecule has 0 amide bonds. The molecule has 0 saturated heterocycles. The van der Waals surface area contributed by atoms with Crippen LogP contribution in [0, 0.1) is 39.4 Å². The Morgan fingerprint density at radius 2 is 1.63 bits per heavy atom. The molecule has 8 heteroatoms. The second-order valence-corrected chi connectivity index (χ2v) is 20.3. The van der Waals surface area contributed by atoms with E-state index in [2.05, 4.69) is 53.7 Å². The van der Waals surface area contributed by atoms with Gasteiger partial charge < -0.3 is 25.5 Å². The predicted molar refractivity (Wildman–Crippen MR) is 234 cm³/mol. The van der Waals surface area contributed by atoms with Gasteiger partial charge in [-0.1, -0.05) is 77.0 Å². The molecule has 0 radical (unpaired) electrons. The highest BCUT2D eigenvalue weighted by Gasteiger charge is 2.63. The number of carbonyl (C=O) groups excluding carboxylic acids is 3. The van der Waals surface area contributed by atoms with E-state index >= 15 is 0 Å². The fraction of sp³-hybridized carbons (Fsp3) is 0.627. The van der Waals surface area contributed by atoms with Crippen LogP contribution in [0.1, 0.15) is 156 Å². The Kier molecular flexibility index (Phi) is 14.0. The van der Waals surface area contributed by atoms with Gasteiger partial charge in [-0.15, -0.1) is 0 Å². The van der Waals surface area contributed by atoms with Crippen LogP contribution in [-0.2, 0) is 9.59 Å². The number of ketones is 3. The lowest BCUT2D eigenvalue weighted by molar-refractivity contribution is -0.138. The van der Waals surface area contributed by atoms with Gasteiger partial charge in [0.1, 0.15) is 17.3 Å². The number of hydrogen-bond acceptors (Lipinski definition) is 8. The van der Waals surface area contributed by atoms with E-state index in [-0.39, 0.29) is 69.7 Å². The number of aliphatic hydroxyl groups excluding tert-OH is 2. The first kappa shape index (κ1) is 46.5. The minimum atomic E-state index is -1.75. The number of phenolic OH excluding ortho intramolecular Hbond substituents is 2. The van der Waals surface area contributed by atoms with Crippen molar-refractivity contribution >= 4 is 17.3 Å². The molecule has 5 rings (SSSR count). The summed E-state index contributed by atoms with van der Waals surface area (Å²) in [6.45, 7) is 19.2. The standard InChI is InChI=1S/C51H72O8/c1-32(12-10-14-33(2)31-52)13-11-15-35(28-42(55)37-29-36(53)17-19-41(37)54)43(56)30-51(9,59)46(58)21-16-34(3)38-22-26-50(8)40-18-20-44-47(4,5)45(57)24-25-48(44,6)39(40)23-27-49(38,50)7/h13-14,17-19,23,28-29,34,38,44,46,52-54,58-59H,10-12,15-16,20-22,24-27,30-31H2,1-9H3/b32-13+,33-14+,35-28-/t34-,38-,44+,46+,48-,49-,50+,51?/m1/s1. The monoisotopic (exact) mass is 813 g/mol. The van der Waals surface area contributed by atoms with Crippen molar-refractivity contribution in [3.05, 3.63) is 82.0 Å². The average Bonchev–Trinajstić information content (AvgIpc) is 3.46. The first-order valence-corrected chi connectivity index (χ1v) is 22.1. The zero-order valence-electron chi connectivity index (χ0n) is 37.3. The van der Waals surface area contributed by atoms with E-state index in [1.54, 1.807) is 0 Å². The number of Topliss-reactive ketones (excluding diaryl/α,β-unsaturated/α-hetero) is 2. The predicted octanol–water partition coefficient (Wildman–Crippen LogP) is 10.2. The molecule has 0 spiro atoms. The average molecular weight is 813 g/mol. The lowest BCUT2D eigenvalue weighted by atomic mass is 9.44. The zero-order chi connectivity index (χ0) is 43.7. The van der Waals surface area contributed by atoms with Gasteiger partial charge in [0, 0.05) is 18.3 Å². The summed E-state index contributed by atoms with van der Waals surface area (Å²) in [5.41, 5.74) is 2.92. The highest BCUT2D eigenvalue weighted by atomic mass is 16.3. The molecule has 2 fully saturated rings. The van der Waals surface area contributed by atoms with Crippen molar-refractivity contribution in [2.24, 2.45) is 39.4 Å². The lowest BCUT2D eigenvalue weighted by Gasteiger charge is -2.59. The molecule has 1 unspecified atom stereocenters. The molecule has 8 atom stereocenters. The first-order chi connectivity index (χ1) is 27.5. The molecular weight excluding hydrogens is 741 g/mol. The third-order valence-corrected chi connectivity index (χ3v) is 16.0. The van der Waals surface area contributed by atoms with Crippen LogP contribution in [-0.4, -0.2) is 61.2 Å². The summed E-state index contributed by atoms with van der Waals surface area (Å²) in [6, 6.07) is 3.64. The van der Waals surface area contributed by atoms with Gasteiger partial charge in [0.2, 0.25) is 0 Å². The maximum Gasteiger partial charge on any atom is 0.190 e. The maximum atomic E-state index is 13.9. The van der Waals surface area contributed by atoms with Crippen LogP contribution in [0.4, 0.5) is 0 Å². The lowest BCUT2D eigenvalue weighted by Crippen LogP contribution is -2.53. The molecule has 0 bridgehead atoms. The molecule has 2 saturated carbocycles. The molecular formula is C51H72O8. The molecule has 0 heterocycles. The molecule has 5 N–H and O–H groups in total. The van der Waals surface area contributed by atoms with Crippen LogP contribution in [0.25, 0.3) is 0 Å². The largest absolute Gasteiger partial charge is 0.508 e. The van der Waals surface area contributed by atoms with E-state index < -0.39 is 23.3 Å². The number of allylic oxidation sites excluding steroid dienone is 9. The van der Waals surface area contributed by atoms with Crippen molar-refractivity contribution in [2.75, 3.05) is 6.61 Å². The molecule has 324 valence electrons. The van der Waals surface area contributed by atoms with E-state index in [4.69, 9.17) is 0 Å². The quantitative estimate of drug-likeness (QED) is 0.0451. The van der Waals surface area contributed by atoms with Gasteiger partial charge >= 0.3 is 0 Å².